The number of aromatic nitrogens is 1. The smallest absolute Gasteiger partial charge is 0.274 e. The van der Waals surface area contributed by atoms with Gasteiger partial charge in [0, 0.05) is 5.69 Å². The lowest BCUT2D eigenvalue weighted by atomic mass is 10.2. The number of anilines is 2. The van der Waals surface area contributed by atoms with Crippen LogP contribution in [-0.2, 0) is 0 Å². The fourth-order valence-electron chi connectivity index (χ4n) is 1.53. The Morgan fingerprint density at radius 1 is 1.20 bits per heavy atom. The van der Waals surface area contributed by atoms with Crippen molar-refractivity contribution < 1.29 is 9.59 Å². The first kappa shape index (κ1) is 13.8. The van der Waals surface area contributed by atoms with Gasteiger partial charge < -0.3 is 16.8 Å². The van der Waals surface area contributed by atoms with Crippen LogP contribution in [0.5, 0.6) is 0 Å². The highest BCUT2D eigenvalue weighted by Gasteiger charge is 2.10. The maximum atomic E-state index is 11.9. The molecule has 102 valence electrons. The van der Waals surface area contributed by atoms with Gasteiger partial charge in [-0.05, 0) is 30.3 Å². The number of halogens is 1. The molecule has 0 aliphatic heterocycles. The number of hydrogen-bond donors (Lipinski definition) is 3. The topological polar surface area (TPSA) is 111 Å². The molecule has 1 heterocycles. The molecule has 1 aromatic heterocycles. The lowest BCUT2D eigenvalue weighted by Gasteiger charge is -2.07. The molecule has 0 aliphatic rings. The number of nitrogens with two attached hydrogens (primary N) is 2. The number of carbonyl (C=O) groups is 2. The zero-order valence-corrected chi connectivity index (χ0v) is 11.0. The van der Waals surface area contributed by atoms with Gasteiger partial charge in [0.2, 0.25) is 5.91 Å². The quantitative estimate of drug-likeness (QED) is 0.798. The summed E-state index contributed by atoms with van der Waals surface area (Å²) in [6.07, 6.45) is 1.39. The van der Waals surface area contributed by atoms with E-state index in [1.54, 1.807) is 6.07 Å². The summed E-state index contributed by atoms with van der Waals surface area (Å²) < 4.78 is 0. The van der Waals surface area contributed by atoms with Gasteiger partial charge >= 0.3 is 0 Å². The second kappa shape index (κ2) is 5.58. The SMILES string of the molecule is NC(=O)c1ccc(NC(=O)c2ccc(N)cn2)cc1Cl. The van der Waals surface area contributed by atoms with E-state index in [-0.39, 0.29) is 16.3 Å². The molecule has 0 radical (unpaired) electrons. The molecule has 6 nitrogen and oxygen atoms in total. The van der Waals surface area contributed by atoms with Gasteiger partial charge in [-0.15, -0.1) is 0 Å². The maximum absolute atomic E-state index is 11.9. The number of nitrogens with one attached hydrogen (secondary N) is 1. The van der Waals surface area contributed by atoms with E-state index in [0.717, 1.165) is 0 Å². The minimum absolute atomic E-state index is 0.167. The first-order valence-electron chi connectivity index (χ1n) is 5.59. The summed E-state index contributed by atoms with van der Waals surface area (Å²) in [6.45, 7) is 0. The molecular formula is C13H11ClN4O2. The van der Waals surface area contributed by atoms with Crippen LogP contribution in [0, 0.1) is 0 Å². The largest absolute Gasteiger partial charge is 0.397 e. The Bertz CT molecular complexity index is 671. The molecule has 5 N–H and O–H groups in total. The van der Waals surface area contributed by atoms with Gasteiger partial charge in [0.15, 0.2) is 0 Å². The first-order chi connectivity index (χ1) is 9.47. The highest BCUT2D eigenvalue weighted by Crippen LogP contribution is 2.21. The molecular weight excluding hydrogens is 280 g/mol. The number of benzene rings is 1. The van der Waals surface area contributed by atoms with Gasteiger partial charge in [0.25, 0.3) is 5.91 Å². The third-order valence-electron chi connectivity index (χ3n) is 2.51. The Kier molecular flexibility index (Phi) is 3.86. The van der Waals surface area contributed by atoms with E-state index >= 15 is 0 Å². The monoisotopic (exact) mass is 290 g/mol. The maximum Gasteiger partial charge on any atom is 0.274 e. The fraction of sp³-hybridized carbons (Fsp3) is 0. The average Bonchev–Trinajstić information content (AvgIpc) is 2.39. The van der Waals surface area contributed by atoms with Crippen LogP contribution in [0.15, 0.2) is 36.5 Å². The van der Waals surface area contributed by atoms with Crippen LogP contribution in [0.4, 0.5) is 11.4 Å². The number of amides is 2. The summed E-state index contributed by atoms with van der Waals surface area (Å²) in [7, 11) is 0. The minimum atomic E-state index is -0.631. The van der Waals surface area contributed by atoms with Crippen LogP contribution in [-0.4, -0.2) is 16.8 Å². The lowest BCUT2D eigenvalue weighted by molar-refractivity contribution is 0.0998. The van der Waals surface area contributed by atoms with Crippen LogP contribution < -0.4 is 16.8 Å². The lowest BCUT2D eigenvalue weighted by Crippen LogP contribution is -2.15. The molecule has 0 unspecified atom stereocenters. The molecule has 0 saturated heterocycles. The van der Waals surface area contributed by atoms with Gasteiger partial charge in [-0.3, -0.25) is 9.59 Å². The van der Waals surface area contributed by atoms with Crippen LogP contribution in [0.25, 0.3) is 0 Å². The van der Waals surface area contributed by atoms with Crippen LogP contribution in [0.1, 0.15) is 20.8 Å². The number of primary amides is 1. The van der Waals surface area contributed by atoms with Crippen molar-refractivity contribution in [2.75, 3.05) is 11.1 Å². The van der Waals surface area contributed by atoms with Crippen molar-refractivity contribution in [3.05, 3.63) is 52.8 Å². The van der Waals surface area contributed by atoms with Gasteiger partial charge in [0.1, 0.15) is 5.69 Å². The summed E-state index contributed by atoms with van der Waals surface area (Å²) in [6, 6.07) is 7.49. The Hall–Kier alpha value is -2.60. The average molecular weight is 291 g/mol. The third-order valence-corrected chi connectivity index (χ3v) is 2.82. The molecule has 0 bridgehead atoms. The molecule has 0 spiro atoms. The highest BCUT2D eigenvalue weighted by molar-refractivity contribution is 6.34. The van der Waals surface area contributed by atoms with Gasteiger partial charge in [-0.2, -0.15) is 0 Å². The number of pyridine rings is 1. The molecule has 0 fully saturated rings. The van der Waals surface area contributed by atoms with E-state index < -0.39 is 11.8 Å². The molecule has 2 rings (SSSR count). The summed E-state index contributed by atoms with van der Waals surface area (Å²) in [5.41, 5.74) is 11.9. The first-order valence-corrected chi connectivity index (χ1v) is 5.97. The second-order valence-corrected chi connectivity index (χ2v) is 4.40. The number of carbonyl (C=O) groups excluding carboxylic acids is 2. The highest BCUT2D eigenvalue weighted by atomic mass is 35.5. The van der Waals surface area contributed by atoms with Crippen LogP contribution in [0.2, 0.25) is 5.02 Å². The predicted octanol–water partition coefficient (Wildman–Crippen LogP) is 1.67. The molecule has 2 amide bonds. The Morgan fingerprint density at radius 3 is 2.50 bits per heavy atom. The van der Waals surface area contributed by atoms with Crippen molar-refractivity contribution in [3.8, 4) is 0 Å². The molecule has 0 aliphatic carbocycles. The molecule has 2 aromatic rings. The van der Waals surface area contributed by atoms with Crippen LogP contribution >= 0.6 is 11.6 Å². The minimum Gasteiger partial charge on any atom is -0.397 e. The number of rotatable bonds is 3. The summed E-state index contributed by atoms with van der Waals surface area (Å²) in [5, 5.41) is 2.77. The van der Waals surface area contributed by atoms with Crippen molar-refractivity contribution >= 4 is 34.8 Å². The van der Waals surface area contributed by atoms with Gasteiger partial charge in [0.05, 0.1) is 22.5 Å². The normalized spacial score (nSPS) is 10.1. The van der Waals surface area contributed by atoms with E-state index in [2.05, 4.69) is 10.3 Å². The molecule has 20 heavy (non-hydrogen) atoms. The Labute approximate surface area is 119 Å². The van der Waals surface area contributed by atoms with Crippen molar-refractivity contribution in [1.29, 1.82) is 0 Å². The zero-order chi connectivity index (χ0) is 14.7. The Balaban J connectivity index is 2.18. The molecule has 0 atom stereocenters. The molecule has 0 saturated carbocycles. The predicted molar refractivity (Wildman–Crippen MR) is 76.6 cm³/mol. The number of nitrogen functional groups attached to an aromatic ring is 1. The molecule has 1 aromatic carbocycles. The van der Waals surface area contributed by atoms with E-state index in [9.17, 15) is 9.59 Å². The van der Waals surface area contributed by atoms with Gasteiger partial charge in [-0.25, -0.2) is 4.98 Å². The van der Waals surface area contributed by atoms with Gasteiger partial charge in [-0.1, -0.05) is 11.6 Å². The zero-order valence-electron chi connectivity index (χ0n) is 10.3. The fourth-order valence-corrected chi connectivity index (χ4v) is 1.80. The van der Waals surface area contributed by atoms with E-state index in [1.165, 1.54) is 30.5 Å². The van der Waals surface area contributed by atoms with Crippen molar-refractivity contribution in [2.45, 2.75) is 0 Å². The second-order valence-electron chi connectivity index (χ2n) is 3.99. The summed E-state index contributed by atoms with van der Waals surface area (Å²) in [5.74, 6) is -1.04. The van der Waals surface area contributed by atoms with E-state index in [4.69, 9.17) is 23.1 Å². The van der Waals surface area contributed by atoms with Crippen LogP contribution in [0.3, 0.4) is 0 Å². The summed E-state index contributed by atoms with van der Waals surface area (Å²) >= 11 is 5.89. The van der Waals surface area contributed by atoms with Crippen molar-refractivity contribution in [2.24, 2.45) is 5.73 Å². The standard InChI is InChI=1S/C13H11ClN4O2/c14-10-5-8(2-3-9(10)12(16)19)18-13(20)11-4-1-7(15)6-17-11/h1-6H,15H2,(H2,16,19)(H,18,20). The van der Waals surface area contributed by atoms with Crippen molar-refractivity contribution in [3.63, 3.8) is 0 Å². The Morgan fingerprint density at radius 2 is 1.95 bits per heavy atom. The van der Waals surface area contributed by atoms with E-state index in [0.29, 0.717) is 11.4 Å². The van der Waals surface area contributed by atoms with Crippen molar-refractivity contribution in [1.82, 2.24) is 4.98 Å². The van der Waals surface area contributed by atoms with E-state index in [1.807, 2.05) is 0 Å². The number of hydrogen-bond acceptors (Lipinski definition) is 4. The molecule has 7 heteroatoms. The number of nitrogens with zero attached hydrogens (tertiary/aromatic N) is 1. The third kappa shape index (κ3) is 3.04. The summed E-state index contributed by atoms with van der Waals surface area (Å²) in [4.78, 5) is 26.8.